The number of likely N-dealkylation sites (N-methyl/N-ethyl adjacent to an activating group) is 1. The van der Waals surface area contributed by atoms with Gasteiger partial charge in [0.25, 0.3) is 0 Å². The molecule has 0 aliphatic carbocycles. The summed E-state index contributed by atoms with van der Waals surface area (Å²) in [5.74, 6) is 0. The Morgan fingerprint density at radius 2 is 1.89 bits per heavy atom. The fourth-order valence-electron chi connectivity index (χ4n) is 2.16. The van der Waals surface area contributed by atoms with Gasteiger partial charge < -0.3 is 10.2 Å². The Hall–Kier alpha value is -1.28. The second-order valence-corrected chi connectivity index (χ2v) is 5.24. The molecule has 1 aromatic carbocycles. The third-order valence-electron chi connectivity index (χ3n) is 3.30. The molecule has 0 saturated heterocycles. The van der Waals surface area contributed by atoms with Crippen molar-refractivity contribution in [2.45, 2.75) is 40.2 Å². The number of anilines is 1. The van der Waals surface area contributed by atoms with Gasteiger partial charge in [-0.25, -0.2) is 0 Å². The molecule has 0 fully saturated rings. The Balaban J connectivity index is 2.71. The van der Waals surface area contributed by atoms with Gasteiger partial charge in [-0.1, -0.05) is 31.2 Å². The van der Waals surface area contributed by atoms with Crippen LogP contribution in [-0.2, 0) is 0 Å². The zero-order valence-corrected chi connectivity index (χ0v) is 12.9. The predicted octanol–water partition coefficient (Wildman–Crippen LogP) is 4.15. The van der Waals surface area contributed by atoms with Crippen LogP contribution in [0.25, 0.3) is 0 Å². The monoisotopic (exact) mass is 260 g/mol. The third kappa shape index (κ3) is 5.07. The normalized spacial score (nSPS) is 12.2. The van der Waals surface area contributed by atoms with Crippen LogP contribution in [0.3, 0.4) is 0 Å². The molecule has 1 unspecified atom stereocenters. The van der Waals surface area contributed by atoms with E-state index in [4.69, 9.17) is 0 Å². The molecule has 1 rings (SSSR count). The molecule has 0 saturated carbocycles. The molecule has 0 spiro atoms. The topological polar surface area (TPSA) is 15.3 Å². The molecule has 0 amide bonds. The molecular weight excluding hydrogens is 232 g/mol. The molecule has 1 N–H and O–H groups in total. The van der Waals surface area contributed by atoms with E-state index < -0.39 is 0 Å². The molecule has 2 nitrogen and oxygen atoms in total. The third-order valence-corrected chi connectivity index (χ3v) is 3.30. The highest BCUT2D eigenvalue weighted by atomic mass is 15.1. The highest BCUT2D eigenvalue weighted by molar-refractivity contribution is 5.48. The molecule has 0 aliphatic rings. The predicted molar refractivity (Wildman–Crippen MR) is 85.9 cm³/mol. The maximum absolute atomic E-state index is 4.00. The van der Waals surface area contributed by atoms with E-state index in [0.717, 1.165) is 19.6 Å². The molecule has 2 heteroatoms. The summed E-state index contributed by atoms with van der Waals surface area (Å²) in [5, 5.41) is 3.52. The van der Waals surface area contributed by atoms with Crippen molar-refractivity contribution in [3.05, 3.63) is 42.0 Å². The SMILES string of the molecule is C=C(C)CN(CC)c1ccc(C(C)NCCC)cc1. The molecule has 106 valence electrons. The van der Waals surface area contributed by atoms with E-state index in [1.807, 2.05) is 0 Å². The lowest BCUT2D eigenvalue weighted by atomic mass is 10.1. The van der Waals surface area contributed by atoms with Crippen LogP contribution < -0.4 is 10.2 Å². The van der Waals surface area contributed by atoms with Crippen LogP contribution in [-0.4, -0.2) is 19.6 Å². The van der Waals surface area contributed by atoms with E-state index in [-0.39, 0.29) is 0 Å². The molecule has 0 radical (unpaired) electrons. The van der Waals surface area contributed by atoms with Gasteiger partial charge in [0.2, 0.25) is 0 Å². The van der Waals surface area contributed by atoms with E-state index >= 15 is 0 Å². The van der Waals surface area contributed by atoms with Crippen molar-refractivity contribution < 1.29 is 0 Å². The molecular formula is C17H28N2. The fourth-order valence-corrected chi connectivity index (χ4v) is 2.16. The van der Waals surface area contributed by atoms with Crippen LogP contribution in [0.5, 0.6) is 0 Å². The molecule has 0 heterocycles. The quantitative estimate of drug-likeness (QED) is 0.706. The zero-order valence-electron chi connectivity index (χ0n) is 12.9. The second-order valence-electron chi connectivity index (χ2n) is 5.24. The molecule has 0 bridgehead atoms. The van der Waals surface area contributed by atoms with Crippen LogP contribution in [0, 0.1) is 0 Å². The summed E-state index contributed by atoms with van der Waals surface area (Å²) >= 11 is 0. The fraction of sp³-hybridized carbons (Fsp3) is 0.529. The van der Waals surface area contributed by atoms with Crippen LogP contribution >= 0.6 is 0 Å². The minimum absolute atomic E-state index is 0.421. The van der Waals surface area contributed by atoms with Crippen LogP contribution in [0.15, 0.2) is 36.4 Å². The van der Waals surface area contributed by atoms with Gasteiger partial charge in [0.15, 0.2) is 0 Å². The summed E-state index contributed by atoms with van der Waals surface area (Å²) < 4.78 is 0. The van der Waals surface area contributed by atoms with Gasteiger partial charge in [0.1, 0.15) is 0 Å². The number of benzene rings is 1. The van der Waals surface area contributed by atoms with Crippen LogP contribution in [0.1, 0.15) is 45.7 Å². The number of hydrogen-bond acceptors (Lipinski definition) is 2. The van der Waals surface area contributed by atoms with Crippen LogP contribution in [0.2, 0.25) is 0 Å². The van der Waals surface area contributed by atoms with E-state index in [1.54, 1.807) is 0 Å². The minimum Gasteiger partial charge on any atom is -0.368 e. The Morgan fingerprint density at radius 3 is 2.37 bits per heavy atom. The van der Waals surface area contributed by atoms with E-state index in [1.165, 1.54) is 23.2 Å². The molecule has 1 aromatic rings. The second kappa shape index (κ2) is 8.00. The van der Waals surface area contributed by atoms with E-state index in [0.29, 0.717) is 6.04 Å². The first kappa shape index (κ1) is 15.8. The van der Waals surface area contributed by atoms with Crippen molar-refractivity contribution in [3.8, 4) is 0 Å². The Morgan fingerprint density at radius 1 is 1.26 bits per heavy atom. The number of nitrogens with one attached hydrogen (secondary N) is 1. The zero-order chi connectivity index (χ0) is 14.3. The summed E-state index contributed by atoms with van der Waals surface area (Å²) in [6.07, 6.45) is 1.17. The lowest BCUT2D eigenvalue weighted by Crippen LogP contribution is -2.24. The summed E-state index contributed by atoms with van der Waals surface area (Å²) in [6.45, 7) is 15.7. The number of nitrogens with zero attached hydrogens (tertiary/aromatic N) is 1. The van der Waals surface area contributed by atoms with Crippen molar-refractivity contribution >= 4 is 5.69 Å². The number of hydrogen-bond donors (Lipinski definition) is 1. The van der Waals surface area contributed by atoms with Crippen molar-refractivity contribution in [2.24, 2.45) is 0 Å². The van der Waals surface area contributed by atoms with Gasteiger partial charge in [-0.3, -0.25) is 0 Å². The standard InChI is InChI=1S/C17H28N2/c1-6-12-18-15(5)16-8-10-17(11-9-16)19(7-2)13-14(3)4/h8-11,15,18H,3,6-7,12-13H2,1-2,4-5H3. The maximum Gasteiger partial charge on any atom is 0.0383 e. The van der Waals surface area contributed by atoms with Gasteiger partial charge in [-0.15, -0.1) is 0 Å². The smallest absolute Gasteiger partial charge is 0.0383 e. The first-order valence-electron chi connectivity index (χ1n) is 7.31. The highest BCUT2D eigenvalue weighted by Gasteiger charge is 2.07. The van der Waals surface area contributed by atoms with Gasteiger partial charge in [0, 0.05) is 24.8 Å². The molecule has 19 heavy (non-hydrogen) atoms. The largest absolute Gasteiger partial charge is 0.368 e. The van der Waals surface area contributed by atoms with E-state index in [2.05, 4.69) is 68.8 Å². The molecule has 0 aliphatic heterocycles. The van der Waals surface area contributed by atoms with Crippen molar-refractivity contribution in [2.75, 3.05) is 24.5 Å². The van der Waals surface area contributed by atoms with Crippen molar-refractivity contribution in [1.82, 2.24) is 5.32 Å². The highest BCUT2D eigenvalue weighted by Crippen LogP contribution is 2.19. The lowest BCUT2D eigenvalue weighted by molar-refractivity contribution is 0.570. The van der Waals surface area contributed by atoms with Crippen molar-refractivity contribution in [1.29, 1.82) is 0 Å². The average Bonchev–Trinajstić information content (AvgIpc) is 2.42. The first-order valence-corrected chi connectivity index (χ1v) is 7.31. The average molecular weight is 260 g/mol. The number of rotatable bonds is 8. The summed E-state index contributed by atoms with van der Waals surface area (Å²) in [5.41, 5.74) is 3.82. The molecule has 1 atom stereocenters. The van der Waals surface area contributed by atoms with Gasteiger partial charge >= 0.3 is 0 Å². The Labute approximate surface area is 118 Å². The Bertz CT molecular complexity index is 381. The van der Waals surface area contributed by atoms with Crippen molar-refractivity contribution in [3.63, 3.8) is 0 Å². The Kier molecular flexibility index (Phi) is 6.65. The maximum atomic E-state index is 4.00. The minimum atomic E-state index is 0.421. The van der Waals surface area contributed by atoms with Gasteiger partial charge in [-0.05, 0) is 51.4 Å². The van der Waals surface area contributed by atoms with Gasteiger partial charge in [0.05, 0.1) is 0 Å². The summed E-state index contributed by atoms with van der Waals surface area (Å²) in [4.78, 5) is 2.34. The lowest BCUT2D eigenvalue weighted by Gasteiger charge is -2.24. The van der Waals surface area contributed by atoms with Gasteiger partial charge in [-0.2, -0.15) is 0 Å². The first-order chi connectivity index (χ1) is 9.08. The summed E-state index contributed by atoms with van der Waals surface area (Å²) in [7, 11) is 0. The molecule has 0 aromatic heterocycles. The van der Waals surface area contributed by atoms with Crippen LogP contribution in [0.4, 0.5) is 5.69 Å². The van der Waals surface area contributed by atoms with E-state index in [9.17, 15) is 0 Å². The summed E-state index contributed by atoms with van der Waals surface area (Å²) in [6, 6.07) is 9.30.